The number of nitrogens with one attached hydrogen (secondary N) is 2. The van der Waals surface area contributed by atoms with E-state index < -0.39 is 36.3 Å². The van der Waals surface area contributed by atoms with Crippen LogP contribution in [-0.2, 0) is 0 Å². The Bertz CT molecular complexity index is 955. The first-order valence-corrected chi connectivity index (χ1v) is 10.4. The largest absolute Gasteiger partial charge is 0.574 e. The third-order valence-electron chi connectivity index (χ3n) is 5.56. The lowest BCUT2D eigenvalue weighted by molar-refractivity contribution is -0.276. The summed E-state index contributed by atoms with van der Waals surface area (Å²) in [4.78, 5) is 16.4. The fourth-order valence-corrected chi connectivity index (χ4v) is 4.09. The highest BCUT2D eigenvalue weighted by Crippen LogP contribution is 2.37. The van der Waals surface area contributed by atoms with Crippen molar-refractivity contribution in [3.8, 4) is 17.4 Å². The summed E-state index contributed by atoms with van der Waals surface area (Å²) in [6, 6.07) is 2.83. The molecule has 3 unspecified atom stereocenters. The fraction of sp³-hybridized carbons (Fsp3) is 0.600. The number of hydrogen-bond donors (Lipinski definition) is 2. The average molecular weight is 476 g/mol. The SMILES string of the molecule is CC1(F)CCC(Nc2nc(NC3CCC(F)(F)C3)nc(-c3cccc(OC(F)(F)F)n3)n2)C1. The molecule has 0 amide bonds. The van der Waals surface area contributed by atoms with Gasteiger partial charge in [-0.3, -0.25) is 0 Å². The molecule has 0 bridgehead atoms. The minimum absolute atomic E-state index is 0.0323. The Morgan fingerprint density at radius 1 is 0.909 bits per heavy atom. The molecule has 2 fully saturated rings. The number of ether oxygens (including phenoxy) is 1. The van der Waals surface area contributed by atoms with Gasteiger partial charge in [0.05, 0.1) is 0 Å². The number of anilines is 2. The van der Waals surface area contributed by atoms with Crippen molar-refractivity contribution in [2.45, 2.75) is 75.5 Å². The van der Waals surface area contributed by atoms with E-state index in [2.05, 4.69) is 35.3 Å². The van der Waals surface area contributed by atoms with Crippen molar-refractivity contribution >= 4 is 11.9 Å². The molecule has 7 nitrogen and oxygen atoms in total. The molecular weight excluding hydrogens is 454 g/mol. The second-order valence-electron chi connectivity index (χ2n) is 8.65. The maximum absolute atomic E-state index is 14.2. The zero-order valence-corrected chi connectivity index (χ0v) is 17.6. The monoisotopic (exact) mass is 476 g/mol. The van der Waals surface area contributed by atoms with Gasteiger partial charge in [0.15, 0.2) is 5.82 Å². The predicted octanol–water partition coefficient (Wildman–Crippen LogP) is 5.12. The van der Waals surface area contributed by atoms with Crippen LogP contribution in [0.1, 0.15) is 45.4 Å². The molecule has 2 aliphatic rings. The van der Waals surface area contributed by atoms with Crippen LogP contribution < -0.4 is 15.4 Å². The Balaban J connectivity index is 1.62. The maximum Gasteiger partial charge on any atom is 0.574 e. The van der Waals surface area contributed by atoms with Crippen LogP contribution >= 0.6 is 0 Å². The summed E-state index contributed by atoms with van der Waals surface area (Å²) >= 11 is 0. The number of rotatable bonds is 6. The highest BCUT2D eigenvalue weighted by molar-refractivity contribution is 5.54. The molecular formula is C20H22F6N6O. The quantitative estimate of drug-likeness (QED) is 0.560. The summed E-state index contributed by atoms with van der Waals surface area (Å²) < 4.78 is 82.9. The topological polar surface area (TPSA) is 84.9 Å². The lowest BCUT2D eigenvalue weighted by Gasteiger charge is -2.17. The zero-order chi connectivity index (χ0) is 23.9. The van der Waals surface area contributed by atoms with Gasteiger partial charge in [0.1, 0.15) is 11.4 Å². The van der Waals surface area contributed by atoms with Crippen molar-refractivity contribution in [2.75, 3.05) is 10.6 Å². The lowest BCUT2D eigenvalue weighted by atomic mass is 10.1. The van der Waals surface area contributed by atoms with E-state index in [9.17, 15) is 26.3 Å². The molecule has 2 N–H and O–H groups in total. The van der Waals surface area contributed by atoms with Gasteiger partial charge in [-0.15, -0.1) is 13.2 Å². The fourth-order valence-electron chi connectivity index (χ4n) is 4.09. The van der Waals surface area contributed by atoms with E-state index >= 15 is 0 Å². The first-order chi connectivity index (χ1) is 15.4. The van der Waals surface area contributed by atoms with Crippen molar-refractivity contribution < 1.29 is 31.1 Å². The first kappa shape index (κ1) is 23.3. The lowest BCUT2D eigenvalue weighted by Crippen LogP contribution is -2.24. The van der Waals surface area contributed by atoms with Crippen LogP contribution in [0, 0.1) is 0 Å². The van der Waals surface area contributed by atoms with Gasteiger partial charge >= 0.3 is 6.36 Å². The van der Waals surface area contributed by atoms with Crippen LogP contribution in [0.15, 0.2) is 18.2 Å². The summed E-state index contributed by atoms with van der Waals surface area (Å²) in [7, 11) is 0. The summed E-state index contributed by atoms with van der Waals surface area (Å²) in [5.74, 6) is -3.58. The molecule has 2 heterocycles. The van der Waals surface area contributed by atoms with Crippen molar-refractivity contribution in [1.29, 1.82) is 0 Å². The molecule has 3 atom stereocenters. The molecule has 13 heteroatoms. The van der Waals surface area contributed by atoms with Gasteiger partial charge < -0.3 is 15.4 Å². The van der Waals surface area contributed by atoms with Crippen LogP contribution in [0.2, 0.25) is 0 Å². The summed E-state index contributed by atoms with van der Waals surface area (Å²) in [5.41, 5.74) is -1.38. The van der Waals surface area contributed by atoms with Crippen molar-refractivity contribution in [3.05, 3.63) is 18.2 Å². The maximum atomic E-state index is 14.2. The van der Waals surface area contributed by atoms with Gasteiger partial charge in [0.25, 0.3) is 0 Å². The third-order valence-corrected chi connectivity index (χ3v) is 5.56. The minimum atomic E-state index is -4.93. The normalized spacial score (nSPS) is 26.9. The van der Waals surface area contributed by atoms with Gasteiger partial charge in [-0.2, -0.15) is 15.0 Å². The Labute approximate surface area is 185 Å². The van der Waals surface area contributed by atoms with Gasteiger partial charge in [-0.25, -0.2) is 18.2 Å². The van der Waals surface area contributed by atoms with Crippen molar-refractivity contribution in [1.82, 2.24) is 19.9 Å². The minimum Gasteiger partial charge on any atom is -0.388 e. The smallest absolute Gasteiger partial charge is 0.388 e. The number of hydrogen-bond acceptors (Lipinski definition) is 7. The number of alkyl halides is 6. The van der Waals surface area contributed by atoms with E-state index in [1.54, 1.807) is 0 Å². The van der Waals surface area contributed by atoms with E-state index in [1.165, 1.54) is 19.1 Å². The summed E-state index contributed by atoms with van der Waals surface area (Å²) in [6.07, 6.45) is -4.30. The molecule has 33 heavy (non-hydrogen) atoms. The third kappa shape index (κ3) is 6.35. The molecule has 180 valence electrons. The van der Waals surface area contributed by atoms with Crippen LogP contribution in [0.5, 0.6) is 5.88 Å². The number of nitrogens with zero attached hydrogens (tertiary/aromatic N) is 4. The van der Waals surface area contributed by atoms with Crippen LogP contribution in [0.25, 0.3) is 11.5 Å². The van der Waals surface area contributed by atoms with Crippen molar-refractivity contribution in [3.63, 3.8) is 0 Å². The molecule has 0 saturated heterocycles. The highest BCUT2D eigenvalue weighted by atomic mass is 19.4. The van der Waals surface area contributed by atoms with E-state index in [0.717, 1.165) is 6.07 Å². The molecule has 2 aromatic heterocycles. The summed E-state index contributed by atoms with van der Waals surface area (Å²) in [6.45, 7) is 1.50. The molecule has 0 aliphatic heterocycles. The van der Waals surface area contributed by atoms with Crippen LogP contribution in [0.4, 0.5) is 38.2 Å². The van der Waals surface area contributed by atoms with E-state index in [-0.39, 0.29) is 48.7 Å². The van der Waals surface area contributed by atoms with Gasteiger partial charge in [0, 0.05) is 37.4 Å². The van der Waals surface area contributed by atoms with E-state index in [4.69, 9.17) is 0 Å². The van der Waals surface area contributed by atoms with Gasteiger partial charge in [-0.05, 0) is 32.3 Å². The second kappa shape index (κ2) is 8.49. The Hall–Kier alpha value is -2.86. The second-order valence-corrected chi connectivity index (χ2v) is 8.65. The molecule has 2 saturated carbocycles. The first-order valence-electron chi connectivity index (χ1n) is 10.4. The van der Waals surface area contributed by atoms with E-state index in [1.807, 2.05) is 0 Å². The number of pyridine rings is 1. The van der Waals surface area contributed by atoms with E-state index in [0.29, 0.717) is 12.8 Å². The number of halogens is 6. The molecule has 0 spiro atoms. The Kier molecular flexibility index (Phi) is 5.99. The average Bonchev–Trinajstić information content (AvgIpc) is 3.20. The molecule has 4 rings (SSSR count). The Morgan fingerprint density at radius 3 is 2.09 bits per heavy atom. The van der Waals surface area contributed by atoms with Gasteiger partial charge in [-0.1, -0.05) is 6.07 Å². The molecule has 2 aliphatic carbocycles. The highest BCUT2D eigenvalue weighted by Gasteiger charge is 2.40. The van der Waals surface area contributed by atoms with Crippen molar-refractivity contribution in [2.24, 2.45) is 0 Å². The predicted molar refractivity (Wildman–Crippen MR) is 107 cm³/mol. The number of aromatic nitrogens is 4. The Morgan fingerprint density at radius 2 is 1.55 bits per heavy atom. The summed E-state index contributed by atoms with van der Waals surface area (Å²) in [5, 5.41) is 5.86. The van der Waals surface area contributed by atoms with Gasteiger partial charge in [0.2, 0.25) is 23.7 Å². The van der Waals surface area contributed by atoms with Crippen LogP contribution in [0.3, 0.4) is 0 Å². The zero-order valence-electron chi connectivity index (χ0n) is 17.6. The van der Waals surface area contributed by atoms with Crippen LogP contribution in [-0.4, -0.2) is 50.0 Å². The molecule has 2 aromatic rings. The molecule has 0 radical (unpaired) electrons. The standard InChI is InChI=1S/C20H22F6N6O/c1-18(21)7-5-11(9-18)27-16-30-15(13-3-2-4-14(29-13)33-20(24,25)26)31-17(32-16)28-12-6-8-19(22,23)10-12/h2-4,11-12H,5-10H2,1H3,(H2,27,28,30,31,32). The molecule has 0 aromatic carbocycles.